The minimum absolute atomic E-state index is 0.0197. The lowest BCUT2D eigenvalue weighted by Gasteiger charge is -2.62. The molecule has 0 radical (unpaired) electrons. The van der Waals surface area contributed by atoms with Crippen molar-refractivity contribution in [3.63, 3.8) is 0 Å². The lowest BCUT2D eigenvalue weighted by molar-refractivity contribution is -0.137. The van der Waals surface area contributed by atoms with Gasteiger partial charge in [-0.1, -0.05) is 6.07 Å². The maximum atomic E-state index is 13.3. The summed E-state index contributed by atoms with van der Waals surface area (Å²) >= 11 is 0. The Balaban J connectivity index is 1.32. The molecule has 1 aromatic rings. The Kier molecular flexibility index (Phi) is 6.48. The molecular weight excluding hydrogens is 493 g/mol. The normalized spacial score (nSPS) is 34.1. The molecule has 4 saturated carbocycles. The molecule has 36 heavy (non-hydrogen) atoms. The van der Waals surface area contributed by atoms with E-state index in [9.17, 15) is 26.4 Å². The second-order valence-corrected chi connectivity index (χ2v) is 12.9. The van der Waals surface area contributed by atoms with Crippen molar-refractivity contribution >= 4 is 22.1 Å². The fourth-order valence-electron chi connectivity index (χ4n) is 7.57. The maximum absolute atomic E-state index is 13.3. The Morgan fingerprint density at radius 1 is 1.19 bits per heavy atom. The first kappa shape index (κ1) is 25.7. The molecule has 7 nitrogen and oxygen atoms in total. The fraction of sp³-hybridized carbons (Fsp3) is 0.680. The van der Waals surface area contributed by atoms with Crippen molar-refractivity contribution in [2.24, 2.45) is 16.8 Å². The van der Waals surface area contributed by atoms with Crippen LogP contribution in [0.25, 0.3) is 0 Å². The smallest absolute Gasteiger partial charge is 0.334 e. The first-order valence-corrected chi connectivity index (χ1v) is 14.1. The lowest BCUT2D eigenvalue weighted by atomic mass is 9.50. The number of likely N-dealkylation sites (tertiary alicyclic amines) is 1. The lowest BCUT2D eigenvalue weighted by Crippen LogP contribution is -2.69. The number of carbonyl (C=O) groups is 1. The second-order valence-electron chi connectivity index (χ2n) is 11.2. The van der Waals surface area contributed by atoms with E-state index in [0.717, 1.165) is 44.2 Å². The number of amides is 1. The predicted octanol–water partition coefficient (Wildman–Crippen LogP) is 3.36. The van der Waals surface area contributed by atoms with E-state index in [-0.39, 0.29) is 28.9 Å². The van der Waals surface area contributed by atoms with Crippen LogP contribution in [0.5, 0.6) is 0 Å². The van der Waals surface area contributed by atoms with Crippen molar-refractivity contribution in [2.45, 2.75) is 79.6 Å². The number of alkyl halides is 3. The van der Waals surface area contributed by atoms with Crippen LogP contribution in [-0.4, -0.2) is 62.7 Å². The maximum Gasteiger partial charge on any atom is 0.416 e. The zero-order chi connectivity index (χ0) is 25.8. The molecule has 2 N–H and O–H groups in total. The van der Waals surface area contributed by atoms with E-state index in [0.29, 0.717) is 43.7 Å². The quantitative estimate of drug-likeness (QED) is 0.533. The SMILES string of the molecule is CN=CC1CCCN1C(=O)CNC12CC3CC(C1)CC(NS(=O)(=O)c1cccc(C(F)(F)F)c1)(C3)C2. The van der Waals surface area contributed by atoms with Gasteiger partial charge in [-0.2, -0.15) is 13.2 Å². The van der Waals surface area contributed by atoms with Gasteiger partial charge in [-0.05, 0) is 81.4 Å². The summed E-state index contributed by atoms with van der Waals surface area (Å²) in [6.45, 7) is 0.889. The predicted molar refractivity (Wildman–Crippen MR) is 129 cm³/mol. The highest BCUT2D eigenvalue weighted by Crippen LogP contribution is 2.57. The van der Waals surface area contributed by atoms with Crippen molar-refractivity contribution in [3.8, 4) is 0 Å². The van der Waals surface area contributed by atoms with Crippen LogP contribution in [-0.2, 0) is 21.0 Å². The summed E-state index contributed by atoms with van der Waals surface area (Å²) in [4.78, 5) is 18.6. The topological polar surface area (TPSA) is 90.9 Å². The molecule has 5 fully saturated rings. The van der Waals surface area contributed by atoms with E-state index in [1.807, 2.05) is 11.1 Å². The summed E-state index contributed by atoms with van der Waals surface area (Å²) in [5.41, 5.74) is -2.07. The zero-order valence-corrected chi connectivity index (χ0v) is 21.2. The number of hydrogen-bond acceptors (Lipinski definition) is 5. The number of aliphatic imine (C=N–C) groups is 1. The van der Waals surface area contributed by atoms with Crippen LogP contribution >= 0.6 is 0 Å². The second kappa shape index (κ2) is 9.09. The molecule has 6 rings (SSSR count). The number of rotatable bonds is 7. The van der Waals surface area contributed by atoms with Gasteiger partial charge in [-0.3, -0.25) is 9.79 Å². The molecule has 11 heteroatoms. The molecule has 3 unspecified atom stereocenters. The van der Waals surface area contributed by atoms with Gasteiger partial charge in [0.15, 0.2) is 0 Å². The van der Waals surface area contributed by atoms with Gasteiger partial charge in [0.1, 0.15) is 0 Å². The van der Waals surface area contributed by atoms with Crippen molar-refractivity contribution in [2.75, 3.05) is 20.1 Å². The highest BCUT2D eigenvalue weighted by atomic mass is 32.2. The van der Waals surface area contributed by atoms with Crippen molar-refractivity contribution < 1.29 is 26.4 Å². The largest absolute Gasteiger partial charge is 0.416 e. The van der Waals surface area contributed by atoms with E-state index in [1.165, 1.54) is 6.07 Å². The molecule has 198 valence electrons. The molecule has 1 aliphatic heterocycles. The molecule has 5 aliphatic rings. The summed E-state index contributed by atoms with van der Waals surface area (Å²) in [6.07, 6.45) is 3.67. The van der Waals surface area contributed by atoms with Gasteiger partial charge in [0.25, 0.3) is 0 Å². The molecule has 1 saturated heterocycles. The number of nitrogens with zero attached hydrogens (tertiary/aromatic N) is 2. The van der Waals surface area contributed by atoms with Gasteiger partial charge in [-0.15, -0.1) is 0 Å². The van der Waals surface area contributed by atoms with Gasteiger partial charge >= 0.3 is 6.18 Å². The standard InChI is InChI=1S/C25H33F3N4O3S/c1-29-14-20-5-3-7-32(20)22(33)15-30-23-10-17-8-18(11-23)13-24(12-17,16-23)31-36(34,35)21-6-2-4-19(9-21)25(26,27)28/h2,4,6,9,14,17-18,20,30-31H,3,5,7-8,10-13,15-16H2,1H3. The van der Waals surface area contributed by atoms with Gasteiger partial charge < -0.3 is 10.2 Å². The van der Waals surface area contributed by atoms with Crippen LogP contribution in [0.4, 0.5) is 13.2 Å². The van der Waals surface area contributed by atoms with Crippen LogP contribution in [0, 0.1) is 11.8 Å². The molecule has 0 spiro atoms. The number of benzene rings is 1. The average molecular weight is 527 g/mol. The molecule has 3 atom stereocenters. The summed E-state index contributed by atoms with van der Waals surface area (Å²) in [5, 5.41) is 3.53. The Morgan fingerprint density at radius 3 is 2.56 bits per heavy atom. The minimum Gasteiger partial charge on any atom is -0.334 e. The molecule has 1 heterocycles. The van der Waals surface area contributed by atoms with Gasteiger partial charge in [0, 0.05) is 30.9 Å². The summed E-state index contributed by atoms with van der Waals surface area (Å²) in [6, 6.07) is 3.92. The van der Waals surface area contributed by atoms with E-state index < -0.39 is 27.3 Å². The molecule has 1 aromatic carbocycles. The number of hydrogen-bond donors (Lipinski definition) is 2. The minimum atomic E-state index is -4.62. The molecule has 4 aliphatic carbocycles. The summed E-state index contributed by atoms with van der Waals surface area (Å²) < 4.78 is 68.9. The Bertz CT molecular complexity index is 1140. The molecular formula is C25H33F3N4O3S. The number of carbonyl (C=O) groups excluding carboxylic acids is 1. The van der Waals surface area contributed by atoms with E-state index in [2.05, 4.69) is 15.0 Å². The highest BCUT2D eigenvalue weighted by Gasteiger charge is 2.59. The van der Waals surface area contributed by atoms with Crippen LogP contribution in [0.1, 0.15) is 56.9 Å². The van der Waals surface area contributed by atoms with Gasteiger partial charge in [0.05, 0.1) is 23.0 Å². The fourth-order valence-corrected chi connectivity index (χ4v) is 9.03. The van der Waals surface area contributed by atoms with E-state index in [1.54, 1.807) is 7.05 Å². The van der Waals surface area contributed by atoms with E-state index >= 15 is 0 Å². The Labute approximate surface area is 210 Å². The highest BCUT2D eigenvalue weighted by molar-refractivity contribution is 7.89. The number of sulfonamides is 1. The summed E-state index contributed by atoms with van der Waals surface area (Å²) in [5.74, 6) is 0.640. The van der Waals surface area contributed by atoms with Crippen molar-refractivity contribution in [3.05, 3.63) is 29.8 Å². The van der Waals surface area contributed by atoms with Crippen molar-refractivity contribution in [1.82, 2.24) is 14.9 Å². The van der Waals surface area contributed by atoms with Crippen LogP contribution in [0.3, 0.4) is 0 Å². The first-order chi connectivity index (χ1) is 16.9. The monoisotopic (exact) mass is 526 g/mol. The van der Waals surface area contributed by atoms with Gasteiger partial charge in [-0.25, -0.2) is 13.1 Å². The molecule has 4 bridgehead atoms. The Morgan fingerprint density at radius 2 is 1.89 bits per heavy atom. The summed E-state index contributed by atoms with van der Waals surface area (Å²) in [7, 11) is -2.45. The van der Waals surface area contributed by atoms with Crippen molar-refractivity contribution in [1.29, 1.82) is 0 Å². The van der Waals surface area contributed by atoms with Crippen LogP contribution in [0.2, 0.25) is 0 Å². The molecule has 0 aromatic heterocycles. The van der Waals surface area contributed by atoms with Crippen LogP contribution in [0.15, 0.2) is 34.2 Å². The first-order valence-electron chi connectivity index (χ1n) is 12.6. The Hall–Kier alpha value is -1.98. The van der Waals surface area contributed by atoms with Crippen LogP contribution < -0.4 is 10.0 Å². The molecule has 1 amide bonds. The van der Waals surface area contributed by atoms with E-state index in [4.69, 9.17) is 0 Å². The average Bonchev–Trinajstić information content (AvgIpc) is 3.24. The number of nitrogens with one attached hydrogen (secondary N) is 2. The zero-order valence-electron chi connectivity index (χ0n) is 20.4. The third-order valence-corrected chi connectivity index (χ3v) is 10.0. The third kappa shape index (κ3) is 4.93. The number of halogens is 3. The third-order valence-electron chi connectivity index (χ3n) is 8.44. The van der Waals surface area contributed by atoms with Gasteiger partial charge in [0.2, 0.25) is 15.9 Å².